The molecule has 1 amide bonds. The van der Waals surface area contributed by atoms with Crippen LogP contribution in [0.1, 0.15) is 48.0 Å². The number of carbonyl (C=O) groups is 1. The third-order valence-corrected chi connectivity index (χ3v) is 11.4. The van der Waals surface area contributed by atoms with Crippen LogP contribution in [0, 0.1) is 0 Å². The molecule has 2 aromatic carbocycles. The number of ether oxygens (including phenoxy) is 1. The van der Waals surface area contributed by atoms with E-state index in [0.29, 0.717) is 13.2 Å². The van der Waals surface area contributed by atoms with E-state index in [2.05, 4.69) is 86.8 Å². The zero-order valence-corrected chi connectivity index (χ0v) is 22.2. The second-order valence-corrected chi connectivity index (χ2v) is 15.3. The van der Waals surface area contributed by atoms with E-state index in [-0.39, 0.29) is 23.2 Å². The van der Waals surface area contributed by atoms with Gasteiger partial charge in [-0.1, -0.05) is 81.4 Å². The van der Waals surface area contributed by atoms with Crippen molar-refractivity contribution in [2.24, 2.45) is 0 Å². The van der Waals surface area contributed by atoms with Gasteiger partial charge in [0.25, 0.3) is 8.32 Å². The van der Waals surface area contributed by atoms with Crippen molar-refractivity contribution in [3.05, 3.63) is 60.7 Å². The number of carbonyl (C=O) groups excluding carboxylic acids is 1. The summed E-state index contributed by atoms with van der Waals surface area (Å²) < 4.78 is 12.8. The second-order valence-electron chi connectivity index (χ2n) is 11.0. The molecule has 33 heavy (non-hydrogen) atoms. The molecule has 1 fully saturated rings. The van der Waals surface area contributed by atoms with Crippen LogP contribution in [-0.4, -0.2) is 57.2 Å². The van der Waals surface area contributed by atoms with Crippen LogP contribution in [0.4, 0.5) is 4.79 Å². The minimum atomic E-state index is -2.66. The lowest BCUT2D eigenvalue weighted by molar-refractivity contribution is 0.0181. The first kappa shape index (κ1) is 25.5. The Morgan fingerprint density at radius 3 is 1.91 bits per heavy atom. The molecular weight excluding hydrogens is 428 g/mol. The van der Waals surface area contributed by atoms with E-state index in [1.165, 1.54) is 10.4 Å². The first-order valence-corrected chi connectivity index (χ1v) is 13.8. The van der Waals surface area contributed by atoms with Gasteiger partial charge in [0, 0.05) is 12.6 Å². The average molecular weight is 469 g/mol. The fourth-order valence-corrected chi connectivity index (χ4v) is 9.41. The Hall–Kier alpha value is -2.15. The summed E-state index contributed by atoms with van der Waals surface area (Å²) >= 11 is 0. The normalized spacial score (nSPS) is 19.5. The maximum absolute atomic E-state index is 13.0. The molecule has 1 N–H and O–H groups in total. The minimum Gasteiger partial charge on any atom is -0.444 e. The summed E-state index contributed by atoms with van der Waals surface area (Å²) in [7, 11) is -0.712. The Morgan fingerprint density at radius 2 is 1.48 bits per heavy atom. The molecule has 6 heteroatoms. The lowest BCUT2D eigenvalue weighted by Crippen LogP contribution is -2.67. The number of hydrogen-bond acceptors (Lipinski definition) is 4. The number of rotatable bonds is 6. The lowest BCUT2D eigenvalue weighted by atomic mass is 10.2. The summed E-state index contributed by atoms with van der Waals surface area (Å²) in [6, 6.07) is 21.4. The van der Waals surface area contributed by atoms with Crippen molar-refractivity contribution < 1.29 is 14.0 Å². The van der Waals surface area contributed by atoms with Gasteiger partial charge in [0.05, 0.1) is 12.6 Å². The van der Waals surface area contributed by atoms with Crippen LogP contribution < -0.4 is 15.7 Å². The van der Waals surface area contributed by atoms with Crippen LogP contribution in [0.15, 0.2) is 60.7 Å². The Labute approximate surface area is 200 Å². The van der Waals surface area contributed by atoms with Crippen molar-refractivity contribution >= 4 is 24.8 Å². The number of nitrogens with zero attached hydrogens (tertiary/aromatic N) is 1. The highest BCUT2D eigenvalue weighted by Gasteiger charge is 2.51. The molecule has 0 saturated carbocycles. The van der Waals surface area contributed by atoms with E-state index in [0.717, 1.165) is 6.42 Å². The summed E-state index contributed by atoms with van der Waals surface area (Å²) in [5.41, 5.74) is -0.530. The highest BCUT2D eigenvalue weighted by molar-refractivity contribution is 6.99. The molecular formula is C27H40N2O3Si. The first-order valence-electron chi connectivity index (χ1n) is 11.9. The molecule has 1 aliphatic heterocycles. The van der Waals surface area contributed by atoms with Crippen LogP contribution in [0.25, 0.3) is 0 Å². The fourth-order valence-electron chi connectivity index (χ4n) is 4.81. The molecule has 2 aromatic rings. The second kappa shape index (κ2) is 10.00. The quantitative estimate of drug-likeness (QED) is 0.647. The smallest absolute Gasteiger partial charge is 0.410 e. The van der Waals surface area contributed by atoms with Gasteiger partial charge >= 0.3 is 6.09 Å². The average Bonchev–Trinajstić information content (AvgIpc) is 3.17. The number of amides is 1. The molecule has 2 atom stereocenters. The molecule has 0 aliphatic carbocycles. The zero-order valence-electron chi connectivity index (χ0n) is 21.2. The van der Waals surface area contributed by atoms with Gasteiger partial charge in [-0.3, -0.25) is 0 Å². The summed E-state index contributed by atoms with van der Waals surface area (Å²) in [6.07, 6.45) is 0.574. The largest absolute Gasteiger partial charge is 0.444 e. The highest BCUT2D eigenvalue weighted by atomic mass is 28.4. The number of likely N-dealkylation sites (N-methyl/N-ethyl adjacent to an activating group) is 1. The van der Waals surface area contributed by atoms with Crippen LogP contribution >= 0.6 is 0 Å². The lowest BCUT2D eigenvalue weighted by Gasteiger charge is -2.44. The van der Waals surface area contributed by atoms with Gasteiger partial charge < -0.3 is 19.4 Å². The number of hydrogen-bond donors (Lipinski definition) is 1. The summed E-state index contributed by atoms with van der Waals surface area (Å²) in [6.45, 7) is 13.6. The molecule has 0 bridgehead atoms. The summed E-state index contributed by atoms with van der Waals surface area (Å²) in [5, 5.41) is 5.73. The molecule has 0 spiro atoms. The maximum Gasteiger partial charge on any atom is 0.410 e. The van der Waals surface area contributed by atoms with Crippen molar-refractivity contribution in [2.75, 3.05) is 20.2 Å². The van der Waals surface area contributed by atoms with Crippen molar-refractivity contribution in [1.82, 2.24) is 10.2 Å². The zero-order chi connectivity index (χ0) is 24.3. The van der Waals surface area contributed by atoms with E-state index >= 15 is 0 Å². The monoisotopic (exact) mass is 468 g/mol. The molecule has 0 radical (unpaired) electrons. The third kappa shape index (κ3) is 5.68. The van der Waals surface area contributed by atoms with E-state index < -0.39 is 13.9 Å². The number of benzene rings is 2. The van der Waals surface area contributed by atoms with Crippen LogP contribution in [-0.2, 0) is 9.16 Å². The Bertz CT molecular complexity index is 867. The summed E-state index contributed by atoms with van der Waals surface area (Å²) in [4.78, 5) is 14.9. The van der Waals surface area contributed by atoms with Gasteiger partial charge in [0.1, 0.15) is 5.60 Å². The van der Waals surface area contributed by atoms with E-state index in [1.54, 1.807) is 0 Å². The minimum absolute atomic E-state index is 0.0426. The topological polar surface area (TPSA) is 50.8 Å². The molecule has 1 aliphatic rings. The molecule has 1 saturated heterocycles. The SMILES string of the molecule is CN[C@H]1C[C@@H](CO[Si](c2ccccc2)(c2ccccc2)C(C)(C)C)N(C(=O)OC(C)(C)C)C1. The van der Waals surface area contributed by atoms with Gasteiger partial charge in [-0.15, -0.1) is 0 Å². The first-order chi connectivity index (χ1) is 15.5. The van der Waals surface area contributed by atoms with E-state index in [1.807, 2.05) is 32.7 Å². The molecule has 0 aromatic heterocycles. The van der Waals surface area contributed by atoms with Crippen molar-refractivity contribution in [1.29, 1.82) is 0 Å². The van der Waals surface area contributed by atoms with Gasteiger partial charge in [-0.2, -0.15) is 0 Å². The third-order valence-electron chi connectivity index (χ3n) is 6.36. The molecule has 180 valence electrons. The number of likely N-dealkylation sites (tertiary alicyclic amines) is 1. The van der Waals surface area contributed by atoms with Crippen LogP contribution in [0.3, 0.4) is 0 Å². The fraction of sp³-hybridized carbons (Fsp3) is 0.519. The predicted octanol–water partition coefficient (Wildman–Crippen LogP) is 4.16. The summed E-state index contributed by atoms with van der Waals surface area (Å²) in [5.74, 6) is 0. The predicted molar refractivity (Wildman–Crippen MR) is 138 cm³/mol. The standard InChI is InChI=1S/C27H40N2O3Si/c1-26(2,3)32-25(30)29-19-21(28-7)18-22(29)20-31-33(27(4,5)6,23-14-10-8-11-15-23)24-16-12-9-13-17-24/h8-17,21-22,28H,18-20H2,1-7H3/t21-,22-/m0/s1. The molecule has 0 unspecified atom stereocenters. The highest BCUT2D eigenvalue weighted by Crippen LogP contribution is 2.37. The van der Waals surface area contributed by atoms with Gasteiger partial charge in [0.15, 0.2) is 0 Å². The Morgan fingerprint density at radius 1 is 0.970 bits per heavy atom. The van der Waals surface area contributed by atoms with Crippen molar-refractivity contribution in [3.8, 4) is 0 Å². The molecule has 3 rings (SSSR count). The molecule has 5 nitrogen and oxygen atoms in total. The number of nitrogens with one attached hydrogen (secondary N) is 1. The van der Waals surface area contributed by atoms with E-state index in [4.69, 9.17) is 9.16 Å². The van der Waals surface area contributed by atoms with Crippen LogP contribution in [0.2, 0.25) is 5.04 Å². The van der Waals surface area contributed by atoms with Crippen molar-refractivity contribution in [2.45, 2.75) is 70.7 Å². The molecule has 1 heterocycles. The Balaban J connectivity index is 1.97. The van der Waals surface area contributed by atoms with Crippen LogP contribution in [0.5, 0.6) is 0 Å². The van der Waals surface area contributed by atoms with Crippen molar-refractivity contribution in [3.63, 3.8) is 0 Å². The Kier molecular flexibility index (Phi) is 7.71. The maximum atomic E-state index is 13.0. The van der Waals surface area contributed by atoms with Gasteiger partial charge in [-0.05, 0) is 49.7 Å². The van der Waals surface area contributed by atoms with Gasteiger partial charge in [0.2, 0.25) is 0 Å². The van der Waals surface area contributed by atoms with E-state index in [9.17, 15) is 4.79 Å². The van der Waals surface area contributed by atoms with Gasteiger partial charge in [-0.25, -0.2) is 4.79 Å².